The van der Waals surface area contributed by atoms with E-state index in [9.17, 15) is 18.0 Å². The van der Waals surface area contributed by atoms with Crippen molar-refractivity contribution in [2.45, 2.75) is 13.8 Å². The molecule has 2 nitrogen and oxygen atoms in total. The van der Waals surface area contributed by atoms with Crippen LogP contribution in [0.4, 0.5) is 13.2 Å². The van der Waals surface area contributed by atoms with Gasteiger partial charge in [0.1, 0.15) is 5.75 Å². The molecule has 0 unspecified atom stereocenters. The van der Waals surface area contributed by atoms with Crippen LogP contribution in [0.5, 0.6) is 5.75 Å². The van der Waals surface area contributed by atoms with Crippen LogP contribution < -0.4 is 4.74 Å². The summed E-state index contributed by atoms with van der Waals surface area (Å²) in [5.74, 6) is -5.77. The third kappa shape index (κ3) is 2.71. The zero-order valence-electron chi connectivity index (χ0n) is 8.18. The predicted octanol–water partition coefficient (Wildman–Crippen LogP) is 2.67. The maximum Gasteiger partial charge on any atom is 0.313 e. The van der Waals surface area contributed by atoms with E-state index in [0.29, 0.717) is 12.1 Å². The lowest BCUT2D eigenvalue weighted by molar-refractivity contribution is -0.137. The largest absolute Gasteiger partial charge is 0.426 e. The van der Waals surface area contributed by atoms with Crippen LogP contribution in [0, 0.1) is 23.4 Å². The van der Waals surface area contributed by atoms with Gasteiger partial charge >= 0.3 is 5.97 Å². The lowest BCUT2D eigenvalue weighted by Gasteiger charge is -2.06. The molecule has 0 atom stereocenters. The fraction of sp³-hybridized carbons (Fsp3) is 0.300. The number of carbonyl (C=O) groups excluding carboxylic acids is 1. The van der Waals surface area contributed by atoms with Gasteiger partial charge < -0.3 is 4.74 Å². The first-order valence-corrected chi connectivity index (χ1v) is 4.28. The molecular weight excluding hydrogens is 209 g/mol. The molecular formula is C10H9F3O2. The third-order valence-corrected chi connectivity index (χ3v) is 1.65. The highest BCUT2D eigenvalue weighted by Gasteiger charge is 2.15. The van der Waals surface area contributed by atoms with Crippen molar-refractivity contribution in [3.05, 3.63) is 29.6 Å². The fourth-order valence-electron chi connectivity index (χ4n) is 0.825. The predicted molar refractivity (Wildman–Crippen MR) is 46.8 cm³/mol. The first-order valence-electron chi connectivity index (χ1n) is 4.28. The summed E-state index contributed by atoms with van der Waals surface area (Å²) in [5.41, 5.74) is 0. The number of carbonyl (C=O) groups is 1. The Kier molecular flexibility index (Phi) is 3.34. The molecule has 1 aromatic carbocycles. The molecule has 82 valence electrons. The summed E-state index contributed by atoms with van der Waals surface area (Å²) in [4.78, 5) is 11.1. The van der Waals surface area contributed by atoms with E-state index in [1.165, 1.54) is 0 Å². The second kappa shape index (κ2) is 4.33. The Labute approximate surface area is 84.7 Å². The Morgan fingerprint density at radius 2 is 1.67 bits per heavy atom. The second-order valence-corrected chi connectivity index (χ2v) is 3.28. The Morgan fingerprint density at radius 3 is 2.07 bits per heavy atom. The van der Waals surface area contributed by atoms with Gasteiger partial charge in [-0.25, -0.2) is 13.2 Å². The van der Waals surface area contributed by atoms with Crippen molar-refractivity contribution < 1.29 is 22.7 Å². The topological polar surface area (TPSA) is 26.3 Å². The number of rotatable bonds is 2. The summed E-state index contributed by atoms with van der Waals surface area (Å²) in [5, 5.41) is 0. The molecule has 1 aromatic rings. The minimum absolute atomic E-state index is 0.342. The van der Waals surface area contributed by atoms with Gasteiger partial charge in [-0.05, 0) is 0 Å². The van der Waals surface area contributed by atoms with Crippen molar-refractivity contribution in [3.8, 4) is 5.75 Å². The molecule has 0 aliphatic rings. The van der Waals surface area contributed by atoms with Crippen LogP contribution in [0.2, 0.25) is 0 Å². The van der Waals surface area contributed by atoms with Crippen molar-refractivity contribution in [1.82, 2.24) is 0 Å². The van der Waals surface area contributed by atoms with E-state index in [1.54, 1.807) is 13.8 Å². The SMILES string of the molecule is CC(C)C(=O)Oc1cc(F)c(F)c(F)c1. The summed E-state index contributed by atoms with van der Waals surface area (Å²) in [6.45, 7) is 3.14. The van der Waals surface area contributed by atoms with E-state index in [1.807, 2.05) is 0 Å². The van der Waals surface area contributed by atoms with Crippen LogP contribution in [-0.4, -0.2) is 5.97 Å². The lowest BCUT2D eigenvalue weighted by atomic mass is 10.2. The molecule has 0 amide bonds. The van der Waals surface area contributed by atoms with Crippen LogP contribution in [0.3, 0.4) is 0 Å². The van der Waals surface area contributed by atoms with Gasteiger partial charge in [0.05, 0.1) is 5.92 Å². The molecule has 0 aliphatic carbocycles. The van der Waals surface area contributed by atoms with Gasteiger partial charge in [0.15, 0.2) is 17.5 Å². The standard InChI is InChI=1S/C10H9F3O2/c1-5(2)10(14)15-6-3-7(11)9(13)8(12)4-6/h3-5H,1-2H3. The van der Waals surface area contributed by atoms with E-state index in [2.05, 4.69) is 4.74 Å². The monoisotopic (exact) mass is 218 g/mol. The van der Waals surface area contributed by atoms with Gasteiger partial charge in [0, 0.05) is 12.1 Å². The first kappa shape index (κ1) is 11.6. The highest BCUT2D eigenvalue weighted by molar-refractivity contribution is 5.74. The maximum atomic E-state index is 12.7. The van der Waals surface area contributed by atoms with Crippen LogP contribution >= 0.6 is 0 Å². The lowest BCUT2D eigenvalue weighted by Crippen LogP contribution is -2.15. The number of benzene rings is 1. The van der Waals surface area contributed by atoms with Crippen molar-refractivity contribution in [2.75, 3.05) is 0 Å². The molecule has 15 heavy (non-hydrogen) atoms. The molecule has 0 saturated heterocycles. The Balaban J connectivity index is 2.93. The van der Waals surface area contributed by atoms with Crippen molar-refractivity contribution in [2.24, 2.45) is 5.92 Å². The summed E-state index contributed by atoms with van der Waals surface area (Å²) in [7, 11) is 0. The number of hydrogen-bond donors (Lipinski definition) is 0. The fourth-order valence-corrected chi connectivity index (χ4v) is 0.825. The molecule has 0 aromatic heterocycles. The molecule has 0 fully saturated rings. The molecule has 5 heteroatoms. The molecule has 0 aliphatic heterocycles. The number of ether oxygens (including phenoxy) is 1. The Bertz CT molecular complexity index is 365. The molecule has 0 heterocycles. The van der Waals surface area contributed by atoms with E-state index in [0.717, 1.165) is 0 Å². The van der Waals surface area contributed by atoms with Gasteiger partial charge in [-0.1, -0.05) is 13.8 Å². The number of halogens is 3. The van der Waals surface area contributed by atoms with Crippen molar-refractivity contribution >= 4 is 5.97 Å². The Hall–Kier alpha value is -1.52. The van der Waals surface area contributed by atoms with Crippen LogP contribution in [-0.2, 0) is 4.79 Å². The van der Waals surface area contributed by atoms with Crippen LogP contribution in [0.15, 0.2) is 12.1 Å². The van der Waals surface area contributed by atoms with Crippen LogP contribution in [0.25, 0.3) is 0 Å². The van der Waals surface area contributed by atoms with Gasteiger partial charge in [-0.3, -0.25) is 4.79 Å². The first-order chi connectivity index (χ1) is 6.91. The summed E-state index contributed by atoms with van der Waals surface area (Å²) < 4.78 is 42.5. The summed E-state index contributed by atoms with van der Waals surface area (Å²) in [6.07, 6.45) is 0. The van der Waals surface area contributed by atoms with Gasteiger partial charge in [-0.2, -0.15) is 0 Å². The average Bonchev–Trinajstić information content (AvgIpc) is 2.13. The van der Waals surface area contributed by atoms with Gasteiger partial charge in [0.2, 0.25) is 0 Å². The molecule has 0 N–H and O–H groups in total. The highest BCUT2D eigenvalue weighted by Crippen LogP contribution is 2.20. The van der Waals surface area contributed by atoms with Crippen molar-refractivity contribution in [1.29, 1.82) is 0 Å². The molecule has 1 rings (SSSR count). The highest BCUT2D eigenvalue weighted by atomic mass is 19.2. The number of hydrogen-bond acceptors (Lipinski definition) is 2. The molecule has 0 radical (unpaired) electrons. The average molecular weight is 218 g/mol. The summed E-state index contributed by atoms with van der Waals surface area (Å²) in [6, 6.07) is 1.25. The number of esters is 1. The summed E-state index contributed by atoms with van der Waals surface area (Å²) >= 11 is 0. The smallest absolute Gasteiger partial charge is 0.313 e. The zero-order chi connectivity index (χ0) is 11.6. The maximum absolute atomic E-state index is 12.7. The Morgan fingerprint density at radius 1 is 1.20 bits per heavy atom. The van der Waals surface area contributed by atoms with E-state index in [4.69, 9.17) is 0 Å². The minimum atomic E-state index is -1.58. The molecule has 0 bridgehead atoms. The zero-order valence-corrected chi connectivity index (χ0v) is 8.18. The van der Waals surface area contributed by atoms with Gasteiger partial charge in [-0.15, -0.1) is 0 Å². The van der Waals surface area contributed by atoms with E-state index >= 15 is 0 Å². The van der Waals surface area contributed by atoms with E-state index in [-0.39, 0.29) is 5.75 Å². The third-order valence-electron chi connectivity index (χ3n) is 1.65. The second-order valence-electron chi connectivity index (χ2n) is 3.28. The molecule has 0 saturated carbocycles. The van der Waals surface area contributed by atoms with Crippen molar-refractivity contribution in [3.63, 3.8) is 0 Å². The van der Waals surface area contributed by atoms with Crippen LogP contribution in [0.1, 0.15) is 13.8 Å². The van der Waals surface area contributed by atoms with E-state index < -0.39 is 29.3 Å². The van der Waals surface area contributed by atoms with Gasteiger partial charge in [0.25, 0.3) is 0 Å². The normalized spacial score (nSPS) is 10.5. The minimum Gasteiger partial charge on any atom is -0.426 e. The molecule has 0 spiro atoms. The quantitative estimate of drug-likeness (QED) is 0.433.